The van der Waals surface area contributed by atoms with Crippen LogP contribution in [-0.2, 0) is 5.75 Å². The average Bonchev–Trinajstić information content (AvgIpc) is 2.58. The minimum atomic E-state index is 0.374. The summed E-state index contributed by atoms with van der Waals surface area (Å²) >= 11 is 1.81. The first-order valence-corrected chi connectivity index (χ1v) is 8.69. The molecule has 1 N–H and O–H groups in total. The van der Waals surface area contributed by atoms with Crippen LogP contribution in [0.25, 0.3) is 11.1 Å². The lowest BCUT2D eigenvalue weighted by atomic mass is 10.0. The maximum absolute atomic E-state index is 9.74. The van der Waals surface area contributed by atoms with Gasteiger partial charge < -0.3 is 5.11 Å². The van der Waals surface area contributed by atoms with Crippen molar-refractivity contribution in [2.45, 2.75) is 24.5 Å². The van der Waals surface area contributed by atoms with Crippen LogP contribution < -0.4 is 0 Å². The maximum atomic E-state index is 9.74. The second-order valence-electron chi connectivity index (χ2n) is 5.76. The van der Waals surface area contributed by atoms with Crippen molar-refractivity contribution in [1.29, 1.82) is 0 Å². The summed E-state index contributed by atoms with van der Waals surface area (Å²) in [6.45, 7) is 3.98. The van der Waals surface area contributed by atoms with Gasteiger partial charge in [0.2, 0.25) is 0 Å². The zero-order valence-corrected chi connectivity index (χ0v) is 14.2. The number of aryl methyl sites for hydroxylation is 2. The van der Waals surface area contributed by atoms with Gasteiger partial charge in [-0.2, -0.15) is 0 Å². The highest BCUT2D eigenvalue weighted by Crippen LogP contribution is 2.31. The van der Waals surface area contributed by atoms with Gasteiger partial charge in [0.1, 0.15) is 5.75 Å². The number of hydrogen-bond donors (Lipinski definition) is 1. The van der Waals surface area contributed by atoms with Crippen LogP contribution in [0.4, 0.5) is 0 Å². The van der Waals surface area contributed by atoms with Crippen LogP contribution in [0.2, 0.25) is 0 Å². The van der Waals surface area contributed by atoms with Crippen molar-refractivity contribution in [2.75, 3.05) is 0 Å². The van der Waals surface area contributed by atoms with Crippen LogP contribution in [0.15, 0.2) is 71.6 Å². The summed E-state index contributed by atoms with van der Waals surface area (Å²) in [6, 6.07) is 23.1. The van der Waals surface area contributed by atoms with Gasteiger partial charge in [-0.25, -0.2) is 0 Å². The van der Waals surface area contributed by atoms with Crippen molar-refractivity contribution in [1.82, 2.24) is 0 Å². The van der Waals surface area contributed by atoms with E-state index in [1.807, 2.05) is 37.7 Å². The Morgan fingerprint density at radius 3 is 2.13 bits per heavy atom. The molecule has 116 valence electrons. The van der Waals surface area contributed by atoms with Gasteiger partial charge in [-0.3, -0.25) is 0 Å². The van der Waals surface area contributed by atoms with Crippen LogP contribution in [0, 0.1) is 13.8 Å². The van der Waals surface area contributed by atoms with E-state index in [2.05, 4.69) is 54.6 Å². The SMILES string of the molecule is Cc1cc(SCc2ccc(-c3ccccc3)cc2)c(C)cc1O. The van der Waals surface area contributed by atoms with Gasteiger partial charge in [-0.15, -0.1) is 11.8 Å². The summed E-state index contributed by atoms with van der Waals surface area (Å²) in [7, 11) is 0. The summed E-state index contributed by atoms with van der Waals surface area (Å²) < 4.78 is 0. The average molecular weight is 320 g/mol. The molecule has 3 aromatic rings. The van der Waals surface area contributed by atoms with E-state index in [-0.39, 0.29) is 0 Å². The highest BCUT2D eigenvalue weighted by molar-refractivity contribution is 7.98. The zero-order chi connectivity index (χ0) is 16.2. The van der Waals surface area contributed by atoms with Crippen molar-refractivity contribution < 1.29 is 5.11 Å². The van der Waals surface area contributed by atoms with E-state index < -0.39 is 0 Å². The van der Waals surface area contributed by atoms with Gasteiger partial charge in [0.15, 0.2) is 0 Å². The number of phenolic OH excluding ortho intramolecular Hbond substituents is 1. The minimum absolute atomic E-state index is 0.374. The van der Waals surface area contributed by atoms with Crippen LogP contribution in [-0.4, -0.2) is 5.11 Å². The molecule has 0 aliphatic rings. The van der Waals surface area contributed by atoms with Gasteiger partial charge in [-0.05, 0) is 53.8 Å². The third-order valence-corrected chi connectivity index (χ3v) is 5.18. The largest absolute Gasteiger partial charge is 0.508 e. The fourth-order valence-electron chi connectivity index (χ4n) is 2.52. The summed E-state index contributed by atoms with van der Waals surface area (Å²) in [5, 5.41) is 9.74. The molecule has 23 heavy (non-hydrogen) atoms. The van der Waals surface area contributed by atoms with E-state index in [1.54, 1.807) is 0 Å². The minimum Gasteiger partial charge on any atom is -0.508 e. The Bertz CT molecular complexity index is 792. The summed E-state index contributed by atoms with van der Waals surface area (Å²) in [6.07, 6.45) is 0. The van der Waals surface area contributed by atoms with Gasteiger partial charge >= 0.3 is 0 Å². The Morgan fingerprint density at radius 1 is 0.783 bits per heavy atom. The zero-order valence-electron chi connectivity index (χ0n) is 13.4. The molecule has 0 saturated carbocycles. The lowest BCUT2D eigenvalue weighted by molar-refractivity contribution is 0.470. The number of hydrogen-bond acceptors (Lipinski definition) is 2. The monoisotopic (exact) mass is 320 g/mol. The van der Waals surface area contributed by atoms with Gasteiger partial charge in [0.25, 0.3) is 0 Å². The number of rotatable bonds is 4. The normalized spacial score (nSPS) is 10.7. The molecular formula is C21H20OS. The van der Waals surface area contributed by atoms with Gasteiger partial charge in [-0.1, -0.05) is 54.6 Å². The van der Waals surface area contributed by atoms with Crippen molar-refractivity contribution in [3.63, 3.8) is 0 Å². The first-order chi connectivity index (χ1) is 11.1. The lowest BCUT2D eigenvalue weighted by Gasteiger charge is -2.09. The lowest BCUT2D eigenvalue weighted by Crippen LogP contribution is -1.86. The Labute approximate surface area is 142 Å². The third kappa shape index (κ3) is 3.77. The first kappa shape index (κ1) is 15.7. The van der Waals surface area contributed by atoms with Crippen molar-refractivity contribution >= 4 is 11.8 Å². The smallest absolute Gasteiger partial charge is 0.118 e. The molecule has 0 heterocycles. The molecule has 3 aromatic carbocycles. The standard InChI is InChI=1S/C21H20OS/c1-15-13-21(16(2)12-20(15)22)23-14-17-8-10-19(11-9-17)18-6-4-3-5-7-18/h3-13,22H,14H2,1-2H3. The highest BCUT2D eigenvalue weighted by Gasteiger charge is 2.05. The van der Waals surface area contributed by atoms with E-state index in [4.69, 9.17) is 0 Å². The molecule has 0 amide bonds. The van der Waals surface area contributed by atoms with E-state index in [0.717, 1.165) is 16.9 Å². The number of benzene rings is 3. The Kier molecular flexibility index (Phi) is 4.73. The molecule has 0 bridgehead atoms. The molecule has 0 aromatic heterocycles. The maximum Gasteiger partial charge on any atom is 0.118 e. The summed E-state index contributed by atoms with van der Waals surface area (Å²) in [5.41, 5.74) is 5.85. The number of phenols is 1. The van der Waals surface area contributed by atoms with Crippen molar-refractivity contribution in [2.24, 2.45) is 0 Å². The molecule has 0 fully saturated rings. The fraction of sp³-hybridized carbons (Fsp3) is 0.143. The van der Waals surface area contributed by atoms with Crippen molar-refractivity contribution in [3.8, 4) is 16.9 Å². The topological polar surface area (TPSA) is 20.2 Å². The molecule has 0 atom stereocenters. The number of aromatic hydroxyl groups is 1. The molecule has 2 heteroatoms. The van der Waals surface area contributed by atoms with Gasteiger partial charge in [0, 0.05) is 10.6 Å². The molecule has 0 saturated heterocycles. The van der Waals surface area contributed by atoms with Crippen LogP contribution in [0.1, 0.15) is 16.7 Å². The van der Waals surface area contributed by atoms with E-state index in [0.29, 0.717) is 5.75 Å². The molecule has 0 aliphatic heterocycles. The molecule has 0 aliphatic carbocycles. The Balaban J connectivity index is 1.71. The van der Waals surface area contributed by atoms with Crippen LogP contribution in [0.5, 0.6) is 5.75 Å². The molecule has 0 spiro atoms. The molecule has 3 rings (SSSR count). The molecule has 1 nitrogen and oxygen atoms in total. The predicted octanol–water partition coefficient (Wildman–Crippen LogP) is 5.97. The second kappa shape index (κ2) is 6.93. The highest BCUT2D eigenvalue weighted by atomic mass is 32.2. The Hall–Kier alpha value is -2.19. The molecule has 0 unspecified atom stereocenters. The Morgan fingerprint density at radius 2 is 1.43 bits per heavy atom. The summed E-state index contributed by atoms with van der Waals surface area (Å²) in [4.78, 5) is 1.23. The van der Waals surface area contributed by atoms with Crippen LogP contribution >= 0.6 is 11.8 Å². The van der Waals surface area contributed by atoms with E-state index in [1.165, 1.54) is 21.6 Å². The van der Waals surface area contributed by atoms with Crippen LogP contribution in [0.3, 0.4) is 0 Å². The van der Waals surface area contributed by atoms with Crippen molar-refractivity contribution in [3.05, 3.63) is 83.4 Å². The third-order valence-electron chi connectivity index (χ3n) is 3.95. The first-order valence-electron chi connectivity index (χ1n) is 7.71. The van der Waals surface area contributed by atoms with Gasteiger partial charge in [0.05, 0.1) is 0 Å². The predicted molar refractivity (Wildman–Crippen MR) is 99.0 cm³/mol. The summed E-state index contributed by atoms with van der Waals surface area (Å²) in [5.74, 6) is 1.30. The molecule has 0 radical (unpaired) electrons. The molecular weight excluding hydrogens is 300 g/mol. The number of thioether (sulfide) groups is 1. The van der Waals surface area contributed by atoms with E-state index in [9.17, 15) is 5.11 Å². The second-order valence-corrected chi connectivity index (χ2v) is 6.77. The van der Waals surface area contributed by atoms with E-state index >= 15 is 0 Å². The quantitative estimate of drug-likeness (QED) is 0.598. The fourth-order valence-corrected chi connectivity index (χ4v) is 3.58.